The summed E-state index contributed by atoms with van der Waals surface area (Å²) < 4.78 is 31.1. The van der Waals surface area contributed by atoms with E-state index in [-0.39, 0.29) is 29.8 Å². The van der Waals surface area contributed by atoms with Crippen LogP contribution >= 0.6 is 0 Å². The smallest absolute Gasteiger partial charge is 0.456 e. The summed E-state index contributed by atoms with van der Waals surface area (Å²) in [7, 11) is -4.30. The standard InChI is InChI=1S/C21H29BO5S/c1-4-15(10-16-6-5-7-17(23)11-16)8-9-19-21-18(14(2)3)13-28(25,26)20(21)12-22(24)27-19/h5-7,10-11,14,19-20,23-24H,4,8-9,12-13H2,1-3H3/b15-10+/t19-,20+/m1/s1. The summed E-state index contributed by atoms with van der Waals surface area (Å²) in [5.41, 5.74) is 3.97. The predicted octanol–water partition coefficient (Wildman–Crippen LogP) is 3.59. The first-order chi connectivity index (χ1) is 13.2. The van der Waals surface area contributed by atoms with Crippen LogP contribution in [0.3, 0.4) is 0 Å². The van der Waals surface area contributed by atoms with Crippen LogP contribution in [-0.2, 0) is 14.5 Å². The number of allylic oxidation sites excluding steroid dienone is 1. The summed E-state index contributed by atoms with van der Waals surface area (Å²) in [5, 5.41) is 19.2. The highest BCUT2D eigenvalue weighted by Gasteiger charge is 2.48. The third-order valence-electron chi connectivity index (χ3n) is 5.71. The SMILES string of the molecule is CC/C(=C\c1cccc(O)c1)CC[C@H]1OB(O)C[C@H]2C1=C(C(C)C)CS2(=O)=O. The Bertz CT molecular complexity index is 888. The van der Waals surface area contributed by atoms with Crippen LogP contribution in [0.5, 0.6) is 5.75 Å². The predicted molar refractivity (Wildman–Crippen MR) is 113 cm³/mol. The van der Waals surface area contributed by atoms with Crippen molar-refractivity contribution in [1.82, 2.24) is 0 Å². The number of fused-ring (bicyclic) bond motifs is 1. The molecule has 2 aliphatic rings. The van der Waals surface area contributed by atoms with Crippen molar-refractivity contribution < 1.29 is 23.2 Å². The van der Waals surface area contributed by atoms with E-state index in [4.69, 9.17) is 4.65 Å². The van der Waals surface area contributed by atoms with E-state index in [1.165, 1.54) is 5.57 Å². The second-order valence-electron chi connectivity index (χ2n) is 8.04. The Kier molecular flexibility index (Phi) is 6.37. The van der Waals surface area contributed by atoms with Gasteiger partial charge < -0.3 is 14.8 Å². The van der Waals surface area contributed by atoms with E-state index in [1.54, 1.807) is 12.1 Å². The minimum Gasteiger partial charge on any atom is -0.508 e. The van der Waals surface area contributed by atoms with Crippen LogP contribution in [0.1, 0.15) is 45.6 Å². The molecule has 28 heavy (non-hydrogen) atoms. The van der Waals surface area contributed by atoms with Gasteiger partial charge in [0, 0.05) is 6.32 Å². The van der Waals surface area contributed by atoms with Crippen molar-refractivity contribution in [1.29, 1.82) is 0 Å². The lowest BCUT2D eigenvalue weighted by atomic mass is 9.74. The number of sulfone groups is 1. The molecule has 2 heterocycles. The van der Waals surface area contributed by atoms with Crippen LogP contribution in [0.2, 0.25) is 6.32 Å². The average molecular weight is 404 g/mol. The highest BCUT2D eigenvalue weighted by molar-refractivity contribution is 7.92. The van der Waals surface area contributed by atoms with Crippen molar-refractivity contribution in [3.8, 4) is 5.75 Å². The number of benzene rings is 1. The Hall–Kier alpha value is -1.57. The Morgan fingerprint density at radius 2 is 2.14 bits per heavy atom. The second-order valence-corrected chi connectivity index (χ2v) is 10.2. The lowest BCUT2D eigenvalue weighted by Crippen LogP contribution is -2.42. The summed E-state index contributed by atoms with van der Waals surface area (Å²) in [5.74, 6) is 0.454. The quantitative estimate of drug-likeness (QED) is 0.559. The second kappa shape index (κ2) is 8.43. The summed E-state index contributed by atoms with van der Waals surface area (Å²) in [6.45, 7) is 6.11. The maximum atomic E-state index is 12.6. The summed E-state index contributed by atoms with van der Waals surface area (Å²) >= 11 is 0. The van der Waals surface area contributed by atoms with Crippen molar-refractivity contribution in [3.63, 3.8) is 0 Å². The van der Waals surface area contributed by atoms with Crippen LogP contribution in [0.15, 0.2) is 41.0 Å². The number of phenolic OH excluding ortho intramolecular Hbond substituents is 1. The molecule has 3 rings (SSSR count). The first-order valence-electron chi connectivity index (χ1n) is 9.97. The maximum absolute atomic E-state index is 12.6. The third-order valence-corrected chi connectivity index (χ3v) is 7.74. The molecule has 0 aromatic heterocycles. The van der Waals surface area contributed by atoms with Crippen LogP contribution < -0.4 is 0 Å². The van der Waals surface area contributed by atoms with Crippen molar-refractivity contribution >= 4 is 23.0 Å². The number of hydrogen-bond acceptors (Lipinski definition) is 5. The van der Waals surface area contributed by atoms with Crippen LogP contribution in [-0.4, -0.2) is 42.8 Å². The average Bonchev–Trinajstić information content (AvgIpc) is 2.90. The van der Waals surface area contributed by atoms with Gasteiger partial charge in [-0.05, 0) is 54.0 Å². The maximum Gasteiger partial charge on any atom is 0.456 e. The van der Waals surface area contributed by atoms with Gasteiger partial charge in [0.05, 0.1) is 17.1 Å². The molecule has 7 heteroatoms. The number of phenols is 1. The van der Waals surface area contributed by atoms with Gasteiger partial charge in [0.2, 0.25) is 0 Å². The largest absolute Gasteiger partial charge is 0.508 e. The topological polar surface area (TPSA) is 83.8 Å². The van der Waals surface area contributed by atoms with E-state index in [1.807, 2.05) is 26.0 Å². The normalized spacial score (nSPS) is 24.8. The van der Waals surface area contributed by atoms with E-state index < -0.39 is 22.2 Å². The molecule has 0 bridgehead atoms. The van der Waals surface area contributed by atoms with Crippen molar-refractivity contribution in [2.75, 3.05) is 5.75 Å². The minimum atomic E-state index is -3.26. The fourth-order valence-electron chi connectivity index (χ4n) is 4.23. The Morgan fingerprint density at radius 3 is 2.79 bits per heavy atom. The molecule has 2 atom stereocenters. The van der Waals surface area contributed by atoms with Gasteiger partial charge in [0.1, 0.15) is 5.75 Å². The molecule has 0 amide bonds. The van der Waals surface area contributed by atoms with Crippen molar-refractivity contribution in [2.45, 2.75) is 57.7 Å². The van der Waals surface area contributed by atoms with Crippen molar-refractivity contribution in [2.24, 2.45) is 5.92 Å². The molecule has 2 aliphatic heterocycles. The molecule has 152 valence electrons. The first kappa shape index (κ1) is 21.2. The fourth-order valence-corrected chi connectivity index (χ4v) is 6.51. The van der Waals surface area contributed by atoms with Gasteiger partial charge in [-0.25, -0.2) is 8.42 Å². The first-order valence-corrected chi connectivity index (χ1v) is 11.7. The highest BCUT2D eigenvalue weighted by Crippen LogP contribution is 2.41. The summed E-state index contributed by atoms with van der Waals surface area (Å²) in [6.07, 6.45) is 4.03. The molecular formula is C21H29BO5S. The zero-order valence-electron chi connectivity index (χ0n) is 16.8. The molecule has 1 aromatic carbocycles. The monoisotopic (exact) mass is 404 g/mol. The van der Waals surface area contributed by atoms with E-state index >= 15 is 0 Å². The van der Waals surface area contributed by atoms with Gasteiger partial charge in [0.25, 0.3) is 0 Å². The molecule has 5 nitrogen and oxygen atoms in total. The summed E-state index contributed by atoms with van der Waals surface area (Å²) in [6, 6.07) is 7.11. The van der Waals surface area contributed by atoms with Gasteiger partial charge in [0.15, 0.2) is 9.84 Å². The molecule has 1 saturated heterocycles. The fraction of sp³-hybridized carbons (Fsp3) is 0.524. The molecule has 2 N–H and O–H groups in total. The van der Waals surface area contributed by atoms with Crippen LogP contribution in [0.4, 0.5) is 0 Å². The minimum absolute atomic E-state index is 0.0804. The van der Waals surface area contributed by atoms with Gasteiger partial charge in [-0.15, -0.1) is 0 Å². The van der Waals surface area contributed by atoms with E-state index in [9.17, 15) is 18.5 Å². The number of rotatable bonds is 6. The van der Waals surface area contributed by atoms with Crippen LogP contribution in [0.25, 0.3) is 6.08 Å². The van der Waals surface area contributed by atoms with Gasteiger partial charge >= 0.3 is 7.12 Å². The molecule has 0 saturated carbocycles. The Labute approximate surface area is 168 Å². The molecule has 0 spiro atoms. The molecule has 0 unspecified atom stereocenters. The van der Waals surface area contributed by atoms with Gasteiger partial charge in [-0.2, -0.15) is 0 Å². The lowest BCUT2D eigenvalue weighted by Gasteiger charge is -2.32. The molecule has 1 fully saturated rings. The molecule has 1 aromatic rings. The Balaban J connectivity index is 1.82. The Morgan fingerprint density at radius 1 is 1.39 bits per heavy atom. The number of hydrogen-bond donors (Lipinski definition) is 2. The third kappa shape index (κ3) is 4.53. The highest BCUT2D eigenvalue weighted by atomic mass is 32.2. The molecule has 0 radical (unpaired) electrons. The van der Waals surface area contributed by atoms with E-state index in [0.29, 0.717) is 6.42 Å². The molecule has 0 aliphatic carbocycles. The zero-order valence-corrected chi connectivity index (χ0v) is 17.6. The number of aromatic hydroxyl groups is 1. The lowest BCUT2D eigenvalue weighted by molar-refractivity contribution is 0.169. The van der Waals surface area contributed by atoms with Crippen molar-refractivity contribution in [3.05, 3.63) is 46.5 Å². The van der Waals surface area contributed by atoms with E-state index in [0.717, 1.165) is 29.6 Å². The van der Waals surface area contributed by atoms with Gasteiger partial charge in [-0.3, -0.25) is 0 Å². The van der Waals surface area contributed by atoms with Crippen LogP contribution in [0, 0.1) is 5.92 Å². The summed E-state index contributed by atoms with van der Waals surface area (Å²) in [4.78, 5) is 0. The molecular weight excluding hydrogens is 375 g/mol. The zero-order chi connectivity index (χ0) is 20.5. The van der Waals surface area contributed by atoms with Gasteiger partial charge in [-0.1, -0.05) is 44.6 Å². The van der Waals surface area contributed by atoms with E-state index in [2.05, 4.69) is 13.0 Å².